The van der Waals surface area contributed by atoms with Gasteiger partial charge in [-0.25, -0.2) is 0 Å². The fourth-order valence-corrected chi connectivity index (χ4v) is 2.36. The lowest BCUT2D eigenvalue weighted by Crippen LogP contribution is -2.33. The van der Waals surface area contributed by atoms with E-state index in [-0.39, 0.29) is 16.6 Å². The average molecular weight is 326 g/mol. The minimum Gasteiger partial charge on any atom is -0.506 e. The molecule has 3 aromatic rings. The number of aromatic hydroxyl groups is 1. The van der Waals surface area contributed by atoms with E-state index in [1.54, 1.807) is 30.3 Å². The number of furan rings is 1. The number of aryl methyl sites for hydroxylation is 1. The van der Waals surface area contributed by atoms with Crippen molar-refractivity contribution in [3.63, 3.8) is 0 Å². The van der Waals surface area contributed by atoms with Crippen molar-refractivity contribution in [1.29, 1.82) is 0 Å². The van der Waals surface area contributed by atoms with Crippen LogP contribution in [0.2, 0.25) is 0 Å². The topological polar surface area (TPSA) is 74.5 Å². The van der Waals surface area contributed by atoms with E-state index in [0.29, 0.717) is 11.3 Å². The van der Waals surface area contributed by atoms with Crippen molar-refractivity contribution in [1.82, 2.24) is 5.32 Å². The lowest BCUT2D eigenvalue weighted by molar-refractivity contribution is 0.0953. The number of hydrogen-bond donors (Lipinski definition) is 3. The summed E-state index contributed by atoms with van der Waals surface area (Å²) in [5.74, 6) is -0.231. The van der Waals surface area contributed by atoms with Crippen LogP contribution in [0.25, 0.3) is 11.0 Å². The molecule has 0 bridgehead atoms. The number of rotatable bonds is 2. The number of phenols is 1. The van der Waals surface area contributed by atoms with Crippen LogP contribution < -0.4 is 10.6 Å². The highest BCUT2D eigenvalue weighted by Gasteiger charge is 2.14. The fourth-order valence-electron chi connectivity index (χ4n) is 2.16. The highest BCUT2D eigenvalue weighted by atomic mass is 32.1. The van der Waals surface area contributed by atoms with Gasteiger partial charge in [0.25, 0.3) is 5.91 Å². The summed E-state index contributed by atoms with van der Waals surface area (Å²) in [5.41, 5.74) is 2.02. The average Bonchev–Trinajstić information content (AvgIpc) is 2.95. The molecule has 3 rings (SSSR count). The molecule has 1 amide bonds. The smallest absolute Gasteiger partial charge is 0.293 e. The van der Waals surface area contributed by atoms with Crippen LogP contribution in [0.4, 0.5) is 5.69 Å². The Labute approximate surface area is 137 Å². The van der Waals surface area contributed by atoms with Crippen molar-refractivity contribution in [3.05, 3.63) is 59.9 Å². The molecule has 0 saturated heterocycles. The summed E-state index contributed by atoms with van der Waals surface area (Å²) in [4.78, 5) is 12.2. The Bertz CT molecular complexity index is 869. The standard InChI is InChI=1S/C17H14N2O3S/c1-10-6-7-13(20)12(8-10)18-17(23)19-16(21)15-9-11-4-2-3-5-14(11)22-15/h2-9,20H,1H3,(H2,18,19,21,23). The van der Waals surface area contributed by atoms with Gasteiger partial charge in [0.15, 0.2) is 10.9 Å². The molecule has 2 aromatic carbocycles. The van der Waals surface area contributed by atoms with E-state index in [4.69, 9.17) is 16.6 Å². The van der Waals surface area contributed by atoms with Crippen molar-refractivity contribution < 1.29 is 14.3 Å². The van der Waals surface area contributed by atoms with Crippen LogP contribution in [0.5, 0.6) is 5.75 Å². The minimum atomic E-state index is -0.453. The molecule has 0 saturated carbocycles. The first-order valence-electron chi connectivity index (χ1n) is 6.93. The molecule has 0 aliphatic rings. The lowest BCUT2D eigenvalue weighted by atomic mass is 10.2. The molecule has 1 heterocycles. The van der Waals surface area contributed by atoms with Gasteiger partial charge in [0.2, 0.25) is 0 Å². The quantitative estimate of drug-likeness (QED) is 0.496. The van der Waals surface area contributed by atoms with Crippen molar-refractivity contribution >= 4 is 39.9 Å². The van der Waals surface area contributed by atoms with Crippen LogP contribution in [-0.2, 0) is 0 Å². The number of benzene rings is 2. The molecule has 0 spiro atoms. The van der Waals surface area contributed by atoms with Gasteiger partial charge in [-0.3, -0.25) is 10.1 Å². The summed E-state index contributed by atoms with van der Waals surface area (Å²) < 4.78 is 5.47. The summed E-state index contributed by atoms with van der Waals surface area (Å²) in [6, 6.07) is 14.1. The van der Waals surface area contributed by atoms with Gasteiger partial charge in [-0.1, -0.05) is 24.3 Å². The molecule has 0 atom stereocenters. The SMILES string of the molecule is Cc1ccc(O)c(NC(=S)NC(=O)c2cc3ccccc3o2)c1. The second kappa shape index (κ2) is 6.10. The van der Waals surface area contributed by atoms with Crippen molar-refractivity contribution in [3.8, 4) is 5.75 Å². The third kappa shape index (κ3) is 3.32. The molecule has 0 aliphatic carbocycles. The maximum Gasteiger partial charge on any atom is 0.293 e. The van der Waals surface area contributed by atoms with Crippen LogP contribution in [0.3, 0.4) is 0 Å². The largest absolute Gasteiger partial charge is 0.506 e. The van der Waals surface area contributed by atoms with Crippen molar-refractivity contribution in [2.24, 2.45) is 0 Å². The van der Waals surface area contributed by atoms with Gasteiger partial charge in [-0.15, -0.1) is 0 Å². The maximum absolute atomic E-state index is 12.2. The highest BCUT2D eigenvalue weighted by molar-refractivity contribution is 7.80. The van der Waals surface area contributed by atoms with E-state index >= 15 is 0 Å². The Balaban J connectivity index is 1.72. The third-order valence-corrected chi connectivity index (χ3v) is 3.48. The molecule has 0 radical (unpaired) electrons. The van der Waals surface area contributed by atoms with Crippen LogP contribution >= 0.6 is 12.2 Å². The monoisotopic (exact) mass is 326 g/mol. The predicted octanol–water partition coefficient (Wildman–Crippen LogP) is 3.57. The first-order chi connectivity index (χ1) is 11.0. The first-order valence-corrected chi connectivity index (χ1v) is 7.34. The number of nitrogens with one attached hydrogen (secondary N) is 2. The summed E-state index contributed by atoms with van der Waals surface area (Å²) in [7, 11) is 0. The number of phenolic OH excluding ortho intramolecular Hbond substituents is 1. The van der Waals surface area contributed by atoms with Gasteiger partial charge >= 0.3 is 0 Å². The van der Waals surface area contributed by atoms with Crippen LogP contribution in [0.15, 0.2) is 52.9 Å². The van der Waals surface area contributed by atoms with E-state index in [9.17, 15) is 9.90 Å². The predicted molar refractivity (Wildman–Crippen MR) is 92.7 cm³/mol. The highest BCUT2D eigenvalue weighted by Crippen LogP contribution is 2.24. The Kier molecular flexibility index (Phi) is 3.99. The first kappa shape index (κ1) is 15.1. The van der Waals surface area contributed by atoms with Crippen LogP contribution in [0, 0.1) is 6.92 Å². The Morgan fingerprint density at radius 3 is 2.74 bits per heavy atom. The number of anilines is 1. The molecule has 23 heavy (non-hydrogen) atoms. The second-order valence-corrected chi connectivity index (χ2v) is 5.49. The van der Waals surface area contributed by atoms with Crippen molar-refractivity contribution in [2.75, 3.05) is 5.32 Å². The Hall–Kier alpha value is -2.86. The molecule has 5 nitrogen and oxygen atoms in total. The number of amides is 1. The third-order valence-electron chi connectivity index (χ3n) is 3.28. The van der Waals surface area contributed by atoms with E-state index < -0.39 is 5.91 Å². The zero-order valence-corrected chi connectivity index (χ0v) is 13.1. The molecular formula is C17H14N2O3S. The number of fused-ring (bicyclic) bond motifs is 1. The van der Waals surface area contributed by atoms with Gasteiger partial charge in [0.05, 0.1) is 5.69 Å². The fraction of sp³-hybridized carbons (Fsp3) is 0.0588. The molecule has 0 unspecified atom stereocenters. The summed E-state index contributed by atoms with van der Waals surface area (Å²) in [6.45, 7) is 1.89. The van der Waals surface area contributed by atoms with E-state index in [1.807, 2.05) is 25.1 Å². The molecule has 3 N–H and O–H groups in total. The Morgan fingerprint density at radius 1 is 1.17 bits per heavy atom. The van der Waals surface area contributed by atoms with Crippen LogP contribution in [0.1, 0.15) is 16.1 Å². The number of carbonyl (C=O) groups excluding carboxylic acids is 1. The zero-order valence-electron chi connectivity index (χ0n) is 12.3. The molecule has 1 aromatic heterocycles. The van der Waals surface area contributed by atoms with Gasteiger partial charge < -0.3 is 14.8 Å². The van der Waals surface area contributed by atoms with Crippen molar-refractivity contribution in [2.45, 2.75) is 6.92 Å². The number of thiocarbonyl (C=S) groups is 1. The van der Waals surface area contributed by atoms with E-state index in [1.165, 1.54) is 0 Å². The molecular weight excluding hydrogens is 312 g/mol. The van der Waals surface area contributed by atoms with E-state index in [0.717, 1.165) is 10.9 Å². The Morgan fingerprint density at radius 2 is 1.96 bits per heavy atom. The van der Waals surface area contributed by atoms with Gasteiger partial charge in [-0.2, -0.15) is 0 Å². The molecule has 116 valence electrons. The summed E-state index contributed by atoms with van der Waals surface area (Å²) in [5, 5.41) is 16.0. The summed E-state index contributed by atoms with van der Waals surface area (Å²) >= 11 is 5.10. The lowest BCUT2D eigenvalue weighted by Gasteiger charge is -2.10. The summed E-state index contributed by atoms with van der Waals surface area (Å²) in [6.07, 6.45) is 0. The molecule has 0 aliphatic heterocycles. The minimum absolute atomic E-state index is 0.0518. The van der Waals surface area contributed by atoms with Gasteiger partial charge in [0.1, 0.15) is 11.3 Å². The number of para-hydroxylation sites is 1. The molecule has 6 heteroatoms. The van der Waals surface area contributed by atoms with E-state index in [2.05, 4.69) is 10.6 Å². The zero-order chi connectivity index (χ0) is 16.4. The maximum atomic E-state index is 12.2. The second-order valence-electron chi connectivity index (χ2n) is 5.08. The van der Waals surface area contributed by atoms with Crippen LogP contribution in [-0.4, -0.2) is 16.1 Å². The molecule has 0 fully saturated rings. The van der Waals surface area contributed by atoms with Gasteiger partial charge in [-0.05, 0) is 49.0 Å². The number of hydrogen-bond acceptors (Lipinski definition) is 4. The normalized spacial score (nSPS) is 10.5. The van der Waals surface area contributed by atoms with Gasteiger partial charge in [0, 0.05) is 5.39 Å². The number of carbonyl (C=O) groups is 1.